The summed E-state index contributed by atoms with van der Waals surface area (Å²) in [5.74, 6) is 1.92. The van der Waals surface area contributed by atoms with Crippen molar-refractivity contribution in [1.29, 1.82) is 0 Å². The maximum Gasteiger partial charge on any atom is 0.130 e. The number of benzene rings is 2. The van der Waals surface area contributed by atoms with Gasteiger partial charge < -0.3 is 4.42 Å². The van der Waals surface area contributed by atoms with E-state index in [2.05, 4.69) is 102 Å². The molecule has 5 rings (SSSR count). The van der Waals surface area contributed by atoms with Gasteiger partial charge in [0.15, 0.2) is 0 Å². The molecular weight excluding hydrogens is 412 g/mol. The van der Waals surface area contributed by atoms with E-state index >= 15 is 0 Å². The molecule has 1 heteroatoms. The number of hydrogen-bond acceptors (Lipinski definition) is 1. The first-order chi connectivity index (χ1) is 16.2. The van der Waals surface area contributed by atoms with E-state index in [1.165, 1.54) is 50.1 Å². The van der Waals surface area contributed by atoms with Gasteiger partial charge in [-0.2, -0.15) is 0 Å². The highest BCUT2D eigenvalue weighted by atomic mass is 16.3. The Balaban J connectivity index is 1.52. The normalized spacial score (nSPS) is 19.9. The lowest BCUT2D eigenvalue weighted by Gasteiger charge is -2.21. The summed E-state index contributed by atoms with van der Waals surface area (Å²) in [6.07, 6.45) is 8.83. The van der Waals surface area contributed by atoms with Crippen molar-refractivity contribution in [3.63, 3.8) is 0 Å². The van der Waals surface area contributed by atoms with Gasteiger partial charge in [-0.1, -0.05) is 86.0 Å². The largest absolute Gasteiger partial charge is 0.465 e. The van der Waals surface area contributed by atoms with Gasteiger partial charge in [-0.05, 0) is 85.1 Å². The molecule has 3 aromatic rings. The van der Waals surface area contributed by atoms with E-state index in [1.54, 1.807) is 6.26 Å². The number of fused-ring (bicyclic) bond motifs is 1. The molecule has 2 aliphatic rings. The fourth-order valence-corrected chi connectivity index (χ4v) is 5.82. The predicted molar refractivity (Wildman–Crippen MR) is 145 cm³/mol. The highest BCUT2D eigenvalue weighted by Gasteiger charge is 2.31. The summed E-state index contributed by atoms with van der Waals surface area (Å²) in [5, 5.41) is 0. The molecule has 34 heavy (non-hydrogen) atoms. The Morgan fingerprint density at radius 1 is 0.794 bits per heavy atom. The van der Waals surface area contributed by atoms with Crippen LogP contribution in [0.2, 0.25) is 0 Å². The minimum absolute atomic E-state index is 0.159. The molecule has 2 unspecified atom stereocenters. The van der Waals surface area contributed by atoms with E-state index in [0.29, 0.717) is 11.8 Å². The van der Waals surface area contributed by atoms with Crippen molar-refractivity contribution >= 4 is 11.6 Å². The maximum atomic E-state index is 5.92. The van der Waals surface area contributed by atoms with Crippen LogP contribution < -0.4 is 0 Å². The Hall–Kier alpha value is -3.06. The molecule has 0 radical (unpaired) electrons. The molecule has 1 nitrogen and oxygen atoms in total. The lowest BCUT2D eigenvalue weighted by Crippen LogP contribution is -2.10. The van der Waals surface area contributed by atoms with Crippen LogP contribution in [0.4, 0.5) is 0 Å². The summed E-state index contributed by atoms with van der Waals surface area (Å²) in [7, 11) is 0. The van der Waals surface area contributed by atoms with Crippen molar-refractivity contribution < 1.29 is 4.42 Å². The topological polar surface area (TPSA) is 13.1 Å². The highest BCUT2D eigenvalue weighted by molar-refractivity contribution is 5.95. The van der Waals surface area contributed by atoms with Crippen molar-refractivity contribution in [3.05, 3.63) is 106 Å². The van der Waals surface area contributed by atoms with Crippen molar-refractivity contribution in [1.82, 2.24) is 0 Å². The van der Waals surface area contributed by atoms with Gasteiger partial charge in [0.25, 0.3) is 0 Å². The van der Waals surface area contributed by atoms with Crippen molar-refractivity contribution in [2.75, 3.05) is 0 Å². The van der Waals surface area contributed by atoms with Crippen LogP contribution in [0, 0.1) is 5.92 Å². The van der Waals surface area contributed by atoms with Crippen molar-refractivity contribution in [2.24, 2.45) is 5.92 Å². The highest BCUT2D eigenvalue weighted by Crippen LogP contribution is 2.49. The molecule has 1 heterocycles. The van der Waals surface area contributed by atoms with E-state index in [-0.39, 0.29) is 5.41 Å². The molecule has 2 aliphatic carbocycles. The first-order valence-corrected chi connectivity index (χ1v) is 12.6. The third-order valence-electron chi connectivity index (χ3n) is 7.94. The summed E-state index contributed by atoms with van der Waals surface area (Å²) >= 11 is 0. The molecule has 0 spiro atoms. The summed E-state index contributed by atoms with van der Waals surface area (Å²) in [4.78, 5) is 0. The molecule has 0 bridgehead atoms. The van der Waals surface area contributed by atoms with E-state index in [4.69, 9.17) is 4.42 Å². The Morgan fingerprint density at radius 2 is 1.53 bits per heavy atom. The number of allylic oxidation sites excluding steroid dienone is 5. The van der Waals surface area contributed by atoms with Crippen LogP contribution in [0.1, 0.15) is 82.8 Å². The zero-order valence-electron chi connectivity index (χ0n) is 21.4. The molecule has 0 amide bonds. The van der Waals surface area contributed by atoms with Crippen molar-refractivity contribution in [3.8, 4) is 11.1 Å². The second-order valence-electron chi connectivity index (χ2n) is 11.1. The smallest absolute Gasteiger partial charge is 0.130 e. The minimum atomic E-state index is 0.159. The monoisotopic (exact) mass is 448 g/mol. The zero-order valence-corrected chi connectivity index (χ0v) is 21.4. The van der Waals surface area contributed by atoms with Gasteiger partial charge in [0, 0.05) is 17.4 Å². The quantitative estimate of drug-likeness (QED) is 0.379. The molecule has 0 saturated carbocycles. The Labute approximate surface area is 204 Å². The third kappa shape index (κ3) is 4.02. The molecule has 2 aromatic carbocycles. The van der Waals surface area contributed by atoms with Gasteiger partial charge in [0.2, 0.25) is 0 Å². The number of furan rings is 1. The average Bonchev–Trinajstić information content (AvgIpc) is 3.51. The summed E-state index contributed by atoms with van der Waals surface area (Å²) in [5.41, 5.74) is 12.7. The van der Waals surface area contributed by atoms with E-state index in [0.717, 1.165) is 18.6 Å². The Kier molecular flexibility index (Phi) is 5.76. The lowest BCUT2D eigenvalue weighted by molar-refractivity contribution is 0.537. The molecule has 2 atom stereocenters. The van der Waals surface area contributed by atoms with Crippen LogP contribution in [-0.2, 0) is 5.41 Å². The van der Waals surface area contributed by atoms with Crippen LogP contribution in [0.25, 0.3) is 22.8 Å². The second-order valence-corrected chi connectivity index (χ2v) is 11.1. The molecule has 0 N–H and O–H groups in total. The zero-order chi connectivity index (χ0) is 24.0. The standard InChI is InChI=1S/C33H36O/c1-21-19-22(2)26(23(21)3)16-17-29-28-10-7-9-27(24-12-14-25(15-13-24)33(4,5)6)30(28)20-31(29)32-11-8-18-34-32/h7-15,18-20,26,29H,16-17H2,1-6H3. The molecule has 0 fully saturated rings. The summed E-state index contributed by atoms with van der Waals surface area (Å²) in [6.45, 7) is 13.6. The van der Waals surface area contributed by atoms with Crippen LogP contribution in [0.15, 0.2) is 88.1 Å². The fourth-order valence-electron chi connectivity index (χ4n) is 5.82. The van der Waals surface area contributed by atoms with Gasteiger partial charge in [0.1, 0.15) is 5.76 Å². The molecule has 0 aliphatic heterocycles. The van der Waals surface area contributed by atoms with Gasteiger partial charge in [0.05, 0.1) is 6.26 Å². The molecular formula is C33H36O. The lowest BCUT2D eigenvalue weighted by atomic mass is 9.83. The second kappa shape index (κ2) is 8.62. The molecule has 0 saturated heterocycles. The van der Waals surface area contributed by atoms with Crippen molar-refractivity contribution in [2.45, 2.75) is 65.7 Å². The van der Waals surface area contributed by atoms with E-state index < -0.39 is 0 Å². The maximum absolute atomic E-state index is 5.92. The minimum Gasteiger partial charge on any atom is -0.465 e. The molecule has 1 aromatic heterocycles. The van der Waals surface area contributed by atoms with Gasteiger partial charge in [-0.3, -0.25) is 0 Å². The van der Waals surface area contributed by atoms with E-state index in [9.17, 15) is 0 Å². The van der Waals surface area contributed by atoms with Gasteiger partial charge >= 0.3 is 0 Å². The summed E-state index contributed by atoms with van der Waals surface area (Å²) in [6, 6.07) is 20.1. The number of hydrogen-bond donors (Lipinski definition) is 0. The fraction of sp³-hybridized carbons (Fsp3) is 0.333. The van der Waals surface area contributed by atoms with Crippen LogP contribution in [0.5, 0.6) is 0 Å². The average molecular weight is 449 g/mol. The first-order valence-electron chi connectivity index (χ1n) is 12.6. The van der Waals surface area contributed by atoms with Crippen LogP contribution >= 0.6 is 0 Å². The Bertz CT molecular complexity index is 1290. The SMILES string of the molecule is CC1=CC(C)=C(C)C1CCC1C(c2ccco2)=Cc2c(-c3ccc(C(C)(C)C)cc3)cccc21. The van der Waals surface area contributed by atoms with Crippen LogP contribution in [0.3, 0.4) is 0 Å². The Morgan fingerprint density at radius 3 is 2.15 bits per heavy atom. The first kappa shape index (κ1) is 22.7. The summed E-state index contributed by atoms with van der Waals surface area (Å²) < 4.78 is 5.92. The predicted octanol–water partition coefficient (Wildman–Crippen LogP) is 9.57. The van der Waals surface area contributed by atoms with Gasteiger partial charge in [-0.25, -0.2) is 0 Å². The molecule has 174 valence electrons. The third-order valence-corrected chi connectivity index (χ3v) is 7.94. The van der Waals surface area contributed by atoms with E-state index in [1.807, 2.05) is 6.07 Å². The number of rotatable bonds is 5. The van der Waals surface area contributed by atoms with Crippen LogP contribution in [-0.4, -0.2) is 0 Å². The van der Waals surface area contributed by atoms with Gasteiger partial charge in [-0.15, -0.1) is 0 Å².